The summed E-state index contributed by atoms with van der Waals surface area (Å²) in [5.74, 6) is 0.572. The van der Waals surface area contributed by atoms with Gasteiger partial charge in [-0.15, -0.1) is 0 Å². The number of nitrogens with one attached hydrogen (secondary N) is 1. The average Bonchev–Trinajstić information content (AvgIpc) is 2.85. The Bertz CT molecular complexity index is 310. The average molecular weight is 241 g/mol. The van der Waals surface area contributed by atoms with Crippen molar-refractivity contribution in [2.45, 2.75) is 26.0 Å². The Morgan fingerprint density at radius 1 is 1.59 bits per heavy atom. The molecule has 1 N–H and O–H groups in total. The van der Waals surface area contributed by atoms with Gasteiger partial charge in [-0.25, -0.2) is 0 Å². The maximum atomic E-state index is 11.1. The molecule has 0 aromatic carbocycles. The fraction of sp³-hybridized carbons (Fsp3) is 0.583. The normalized spacial score (nSPS) is 12.4. The molecule has 0 aliphatic rings. The van der Waals surface area contributed by atoms with Crippen molar-refractivity contribution in [2.24, 2.45) is 0 Å². The van der Waals surface area contributed by atoms with Gasteiger partial charge in [-0.2, -0.15) is 0 Å². The van der Waals surface area contributed by atoms with Gasteiger partial charge in [-0.05, 0) is 32.0 Å². The predicted molar refractivity (Wildman–Crippen MR) is 62.5 cm³/mol. The molecule has 5 nitrogen and oxygen atoms in total. The molecule has 0 amide bonds. The number of rotatable bonds is 8. The molecule has 0 saturated heterocycles. The minimum Gasteiger partial charge on any atom is -0.468 e. The highest BCUT2D eigenvalue weighted by Gasteiger charge is 2.10. The molecule has 0 bridgehead atoms. The molecule has 0 aliphatic carbocycles. The molecule has 1 rings (SSSR count). The van der Waals surface area contributed by atoms with E-state index in [0.29, 0.717) is 19.8 Å². The summed E-state index contributed by atoms with van der Waals surface area (Å²) in [5.41, 5.74) is 0. The number of hydrogen-bond acceptors (Lipinski definition) is 5. The highest BCUT2D eigenvalue weighted by atomic mass is 16.5. The Morgan fingerprint density at radius 3 is 3.06 bits per heavy atom. The van der Waals surface area contributed by atoms with E-state index in [1.807, 2.05) is 12.1 Å². The van der Waals surface area contributed by atoms with Crippen molar-refractivity contribution < 1.29 is 18.7 Å². The van der Waals surface area contributed by atoms with Crippen LogP contribution in [0.4, 0.5) is 0 Å². The molecular formula is C12H19NO4. The second kappa shape index (κ2) is 7.86. The first-order valence-corrected chi connectivity index (χ1v) is 5.65. The van der Waals surface area contributed by atoms with E-state index < -0.39 is 0 Å². The zero-order valence-corrected chi connectivity index (χ0v) is 10.3. The van der Waals surface area contributed by atoms with Crippen LogP contribution in [0.5, 0.6) is 0 Å². The number of carbonyl (C=O) groups excluding carboxylic acids is 1. The van der Waals surface area contributed by atoms with Crippen LogP contribution in [0.2, 0.25) is 0 Å². The molecule has 17 heavy (non-hydrogen) atoms. The Kier molecular flexibility index (Phi) is 6.35. The Hall–Kier alpha value is -1.33. The first kappa shape index (κ1) is 13.7. The fourth-order valence-corrected chi connectivity index (χ4v) is 1.32. The lowest BCUT2D eigenvalue weighted by Gasteiger charge is -2.10. The second-order valence-electron chi connectivity index (χ2n) is 3.68. The van der Waals surface area contributed by atoms with Crippen molar-refractivity contribution in [3.8, 4) is 0 Å². The SMILES string of the molecule is COC(=O)C(C)NCCCOCc1ccco1. The van der Waals surface area contributed by atoms with Gasteiger partial charge < -0.3 is 19.2 Å². The standard InChI is InChI=1S/C12H19NO4/c1-10(12(14)15-2)13-6-4-7-16-9-11-5-3-8-17-11/h3,5,8,10,13H,4,6-7,9H2,1-2H3. The smallest absolute Gasteiger partial charge is 0.322 e. The van der Waals surface area contributed by atoms with Crippen molar-refractivity contribution in [3.05, 3.63) is 24.2 Å². The minimum atomic E-state index is -0.273. The van der Waals surface area contributed by atoms with E-state index in [-0.39, 0.29) is 12.0 Å². The van der Waals surface area contributed by atoms with Crippen LogP contribution in [0.1, 0.15) is 19.1 Å². The minimum absolute atomic E-state index is 0.249. The van der Waals surface area contributed by atoms with Crippen LogP contribution >= 0.6 is 0 Å². The van der Waals surface area contributed by atoms with Crippen molar-refractivity contribution in [1.82, 2.24) is 5.32 Å². The molecule has 1 aromatic rings. The Morgan fingerprint density at radius 2 is 2.41 bits per heavy atom. The number of esters is 1. The molecule has 0 radical (unpaired) electrons. The zero-order valence-electron chi connectivity index (χ0n) is 10.3. The van der Waals surface area contributed by atoms with Crippen LogP contribution in [0.25, 0.3) is 0 Å². The zero-order chi connectivity index (χ0) is 12.5. The summed E-state index contributed by atoms with van der Waals surface area (Å²) in [4.78, 5) is 11.1. The quantitative estimate of drug-likeness (QED) is 0.549. The predicted octanol–water partition coefficient (Wildman–Crippen LogP) is 1.34. The van der Waals surface area contributed by atoms with E-state index in [2.05, 4.69) is 10.1 Å². The lowest BCUT2D eigenvalue weighted by molar-refractivity contribution is -0.142. The van der Waals surface area contributed by atoms with Crippen molar-refractivity contribution in [2.75, 3.05) is 20.3 Å². The lowest BCUT2D eigenvalue weighted by atomic mass is 10.3. The number of carbonyl (C=O) groups is 1. The highest BCUT2D eigenvalue weighted by molar-refractivity contribution is 5.74. The molecule has 1 aromatic heterocycles. The van der Waals surface area contributed by atoms with Gasteiger partial charge in [0, 0.05) is 6.61 Å². The molecule has 5 heteroatoms. The van der Waals surface area contributed by atoms with Gasteiger partial charge in [0.2, 0.25) is 0 Å². The Labute approximate surface area is 101 Å². The van der Waals surface area contributed by atoms with Gasteiger partial charge in [0.05, 0.1) is 13.4 Å². The van der Waals surface area contributed by atoms with E-state index >= 15 is 0 Å². The lowest BCUT2D eigenvalue weighted by Crippen LogP contribution is -2.35. The number of hydrogen-bond donors (Lipinski definition) is 1. The number of furan rings is 1. The summed E-state index contributed by atoms with van der Waals surface area (Å²) in [6.45, 7) is 3.60. The third kappa shape index (κ3) is 5.51. The summed E-state index contributed by atoms with van der Waals surface area (Å²) in [6.07, 6.45) is 2.46. The third-order valence-electron chi connectivity index (χ3n) is 2.30. The summed E-state index contributed by atoms with van der Waals surface area (Å²) in [7, 11) is 1.38. The summed E-state index contributed by atoms with van der Waals surface area (Å²) in [6, 6.07) is 3.43. The molecule has 0 spiro atoms. The maximum Gasteiger partial charge on any atom is 0.322 e. The second-order valence-corrected chi connectivity index (χ2v) is 3.68. The number of ether oxygens (including phenoxy) is 2. The molecule has 96 valence electrons. The van der Waals surface area contributed by atoms with Crippen LogP contribution < -0.4 is 5.32 Å². The van der Waals surface area contributed by atoms with Crippen LogP contribution in [0.3, 0.4) is 0 Å². The van der Waals surface area contributed by atoms with Crippen LogP contribution in [0.15, 0.2) is 22.8 Å². The van der Waals surface area contributed by atoms with Crippen LogP contribution in [-0.2, 0) is 20.9 Å². The molecule has 0 aliphatic heterocycles. The highest BCUT2D eigenvalue weighted by Crippen LogP contribution is 2.01. The molecule has 1 heterocycles. The monoisotopic (exact) mass is 241 g/mol. The first-order valence-electron chi connectivity index (χ1n) is 5.65. The summed E-state index contributed by atoms with van der Waals surface area (Å²) < 4.78 is 15.1. The van der Waals surface area contributed by atoms with Gasteiger partial charge in [0.15, 0.2) is 0 Å². The van der Waals surface area contributed by atoms with Gasteiger partial charge in [-0.1, -0.05) is 0 Å². The van der Waals surface area contributed by atoms with E-state index in [1.54, 1.807) is 13.2 Å². The first-order chi connectivity index (χ1) is 8.24. The van der Waals surface area contributed by atoms with Gasteiger partial charge in [-0.3, -0.25) is 4.79 Å². The van der Waals surface area contributed by atoms with Crippen LogP contribution in [-0.4, -0.2) is 32.3 Å². The molecule has 1 unspecified atom stereocenters. The van der Waals surface area contributed by atoms with E-state index in [0.717, 1.165) is 12.2 Å². The van der Waals surface area contributed by atoms with E-state index in [1.165, 1.54) is 7.11 Å². The van der Waals surface area contributed by atoms with Crippen LogP contribution in [0, 0.1) is 0 Å². The number of methoxy groups -OCH3 is 1. The third-order valence-corrected chi connectivity index (χ3v) is 2.30. The van der Waals surface area contributed by atoms with E-state index in [9.17, 15) is 4.79 Å². The van der Waals surface area contributed by atoms with E-state index in [4.69, 9.17) is 9.15 Å². The van der Waals surface area contributed by atoms with Gasteiger partial charge in [0.1, 0.15) is 18.4 Å². The fourth-order valence-electron chi connectivity index (χ4n) is 1.32. The Balaban J connectivity index is 1.96. The van der Waals surface area contributed by atoms with Crippen molar-refractivity contribution in [1.29, 1.82) is 0 Å². The summed E-state index contributed by atoms with van der Waals surface area (Å²) in [5, 5.41) is 3.05. The topological polar surface area (TPSA) is 60.7 Å². The summed E-state index contributed by atoms with van der Waals surface area (Å²) >= 11 is 0. The van der Waals surface area contributed by atoms with Gasteiger partial charge in [0.25, 0.3) is 0 Å². The van der Waals surface area contributed by atoms with Crippen molar-refractivity contribution in [3.63, 3.8) is 0 Å². The largest absolute Gasteiger partial charge is 0.468 e. The molecular weight excluding hydrogens is 222 g/mol. The molecule has 0 fully saturated rings. The molecule has 1 atom stereocenters. The molecule has 0 saturated carbocycles. The van der Waals surface area contributed by atoms with Crippen molar-refractivity contribution >= 4 is 5.97 Å². The maximum absolute atomic E-state index is 11.1. The van der Waals surface area contributed by atoms with Gasteiger partial charge >= 0.3 is 5.97 Å².